The highest BCUT2D eigenvalue weighted by Crippen LogP contribution is 2.12. The maximum absolute atomic E-state index is 12.0. The second-order valence-electron chi connectivity index (χ2n) is 4.22. The number of carbonyl (C=O) groups excluding carboxylic acids is 1. The van der Waals surface area contributed by atoms with Gasteiger partial charge in [0.15, 0.2) is 0 Å². The third-order valence-electron chi connectivity index (χ3n) is 2.85. The molecule has 0 bridgehead atoms. The standard InChI is InChI=1S/C13H13N3O4/c1-7-10(8(2)20-16-7)6-15-12(17)9-3-4-14-11(5-9)13(18)19/h3-5H,6H2,1-2H3,(H,15,17)(H,18,19). The molecule has 2 heterocycles. The first-order valence-corrected chi connectivity index (χ1v) is 5.88. The molecule has 0 saturated heterocycles. The van der Waals surface area contributed by atoms with Gasteiger partial charge in [0.1, 0.15) is 11.5 Å². The van der Waals surface area contributed by atoms with Gasteiger partial charge in [-0.2, -0.15) is 0 Å². The number of nitrogens with zero attached hydrogens (tertiary/aromatic N) is 2. The minimum atomic E-state index is -1.18. The molecule has 2 aromatic rings. The molecule has 0 radical (unpaired) electrons. The predicted octanol–water partition coefficient (Wildman–Crippen LogP) is 1.31. The Morgan fingerprint density at radius 2 is 2.15 bits per heavy atom. The molecule has 0 spiro atoms. The topological polar surface area (TPSA) is 105 Å². The summed E-state index contributed by atoms with van der Waals surface area (Å²) in [5.41, 5.74) is 1.59. The van der Waals surface area contributed by atoms with Crippen LogP contribution < -0.4 is 5.32 Å². The van der Waals surface area contributed by atoms with Crippen LogP contribution in [0.15, 0.2) is 22.9 Å². The van der Waals surface area contributed by atoms with Crippen molar-refractivity contribution in [2.75, 3.05) is 0 Å². The van der Waals surface area contributed by atoms with Gasteiger partial charge in [-0.15, -0.1) is 0 Å². The molecular formula is C13H13N3O4. The van der Waals surface area contributed by atoms with E-state index in [1.807, 2.05) is 0 Å². The normalized spacial score (nSPS) is 10.3. The van der Waals surface area contributed by atoms with E-state index in [1.165, 1.54) is 18.3 Å². The zero-order chi connectivity index (χ0) is 14.7. The zero-order valence-electron chi connectivity index (χ0n) is 11.0. The Labute approximate surface area is 114 Å². The molecule has 0 atom stereocenters. The Morgan fingerprint density at radius 1 is 1.40 bits per heavy atom. The molecule has 0 saturated carbocycles. The average Bonchev–Trinajstić information content (AvgIpc) is 2.75. The van der Waals surface area contributed by atoms with Crippen molar-refractivity contribution in [3.05, 3.63) is 46.6 Å². The van der Waals surface area contributed by atoms with Crippen LogP contribution in [0.2, 0.25) is 0 Å². The van der Waals surface area contributed by atoms with Crippen LogP contribution in [0.4, 0.5) is 0 Å². The maximum Gasteiger partial charge on any atom is 0.354 e. The van der Waals surface area contributed by atoms with E-state index >= 15 is 0 Å². The number of carboxylic acid groups (broad SMARTS) is 1. The van der Waals surface area contributed by atoms with Gasteiger partial charge in [0.25, 0.3) is 5.91 Å². The molecule has 20 heavy (non-hydrogen) atoms. The van der Waals surface area contributed by atoms with Crippen molar-refractivity contribution in [3.63, 3.8) is 0 Å². The number of nitrogens with one attached hydrogen (secondary N) is 1. The van der Waals surface area contributed by atoms with E-state index in [9.17, 15) is 9.59 Å². The van der Waals surface area contributed by atoms with E-state index in [1.54, 1.807) is 13.8 Å². The fourth-order valence-electron chi connectivity index (χ4n) is 1.71. The van der Waals surface area contributed by atoms with Gasteiger partial charge in [0, 0.05) is 23.9 Å². The fraction of sp³-hybridized carbons (Fsp3) is 0.231. The van der Waals surface area contributed by atoms with Crippen LogP contribution >= 0.6 is 0 Å². The van der Waals surface area contributed by atoms with Crippen LogP contribution in [0.5, 0.6) is 0 Å². The van der Waals surface area contributed by atoms with Crippen molar-refractivity contribution in [2.24, 2.45) is 0 Å². The third-order valence-corrected chi connectivity index (χ3v) is 2.85. The lowest BCUT2D eigenvalue weighted by Crippen LogP contribution is -2.23. The minimum absolute atomic E-state index is 0.171. The smallest absolute Gasteiger partial charge is 0.354 e. The summed E-state index contributed by atoms with van der Waals surface area (Å²) < 4.78 is 4.99. The number of hydrogen-bond acceptors (Lipinski definition) is 5. The first kappa shape index (κ1) is 13.7. The van der Waals surface area contributed by atoms with Crippen molar-refractivity contribution in [3.8, 4) is 0 Å². The lowest BCUT2D eigenvalue weighted by Gasteiger charge is -2.05. The quantitative estimate of drug-likeness (QED) is 0.871. The van der Waals surface area contributed by atoms with E-state index in [-0.39, 0.29) is 23.7 Å². The summed E-state index contributed by atoms with van der Waals surface area (Å²) in [4.78, 5) is 26.4. The summed E-state index contributed by atoms with van der Waals surface area (Å²) in [6, 6.07) is 2.68. The van der Waals surface area contributed by atoms with Crippen molar-refractivity contribution in [1.29, 1.82) is 0 Å². The Morgan fingerprint density at radius 3 is 2.75 bits per heavy atom. The lowest BCUT2D eigenvalue weighted by molar-refractivity contribution is 0.0690. The predicted molar refractivity (Wildman–Crippen MR) is 68.3 cm³/mol. The van der Waals surface area contributed by atoms with Gasteiger partial charge in [-0.3, -0.25) is 4.79 Å². The van der Waals surface area contributed by atoms with Crippen LogP contribution in [0.1, 0.15) is 37.9 Å². The molecule has 2 rings (SSSR count). The molecule has 0 aliphatic heterocycles. The fourth-order valence-corrected chi connectivity index (χ4v) is 1.71. The molecule has 0 aliphatic carbocycles. The minimum Gasteiger partial charge on any atom is -0.477 e. The Bertz CT molecular complexity index is 644. The van der Waals surface area contributed by atoms with Crippen LogP contribution in [-0.2, 0) is 6.54 Å². The van der Waals surface area contributed by atoms with Crippen molar-refractivity contribution < 1.29 is 19.2 Å². The molecule has 104 valence electrons. The van der Waals surface area contributed by atoms with Gasteiger partial charge in [0.2, 0.25) is 0 Å². The number of carbonyl (C=O) groups is 2. The lowest BCUT2D eigenvalue weighted by atomic mass is 10.2. The number of carboxylic acids is 1. The van der Waals surface area contributed by atoms with Crippen LogP contribution in [0, 0.1) is 13.8 Å². The molecule has 7 heteroatoms. The van der Waals surface area contributed by atoms with Crippen molar-refractivity contribution in [2.45, 2.75) is 20.4 Å². The largest absolute Gasteiger partial charge is 0.477 e. The Balaban J connectivity index is 2.09. The highest BCUT2D eigenvalue weighted by molar-refractivity contribution is 5.96. The number of hydrogen-bond donors (Lipinski definition) is 2. The summed E-state index contributed by atoms with van der Waals surface area (Å²) >= 11 is 0. The van der Waals surface area contributed by atoms with Gasteiger partial charge >= 0.3 is 5.97 Å². The molecule has 1 amide bonds. The maximum atomic E-state index is 12.0. The molecule has 0 aromatic carbocycles. The van der Waals surface area contributed by atoms with Crippen LogP contribution in [0.3, 0.4) is 0 Å². The molecule has 2 aromatic heterocycles. The van der Waals surface area contributed by atoms with Gasteiger partial charge in [-0.05, 0) is 26.0 Å². The van der Waals surface area contributed by atoms with E-state index in [4.69, 9.17) is 9.63 Å². The van der Waals surface area contributed by atoms with Gasteiger partial charge < -0.3 is 14.9 Å². The molecule has 0 unspecified atom stereocenters. The molecule has 2 N–H and O–H groups in total. The summed E-state index contributed by atoms with van der Waals surface area (Å²) in [5.74, 6) is -0.913. The number of aromatic carboxylic acids is 1. The third kappa shape index (κ3) is 2.82. The Kier molecular flexibility index (Phi) is 3.79. The SMILES string of the molecule is Cc1noc(C)c1CNC(=O)c1ccnc(C(=O)O)c1. The first-order valence-electron chi connectivity index (χ1n) is 5.88. The number of aryl methyl sites for hydroxylation is 2. The monoisotopic (exact) mass is 275 g/mol. The second kappa shape index (κ2) is 5.52. The zero-order valence-corrected chi connectivity index (χ0v) is 11.0. The molecule has 0 aliphatic rings. The van der Waals surface area contributed by atoms with Gasteiger partial charge in [-0.25, -0.2) is 9.78 Å². The van der Waals surface area contributed by atoms with Gasteiger partial charge in [0.05, 0.1) is 5.69 Å². The summed E-state index contributed by atoms with van der Waals surface area (Å²) in [6.07, 6.45) is 1.29. The highest BCUT2D eigenvalue weighted by Gasteiger charge is 2.13. The number of amides is 1. The van der Waals surface area contributed by atoms with Crippen LogP contribution in [0.25, 0.3) is 0 Å². The van der Waals surface area contributed by atoms with E-state index < -0.39 is 5.97 Å². The van der Waals surface area contributed by atoms with E-state index in [0.29, 0.717) is 11.5 Å². The summed E-state index contributed by atoms with van der Waals surface area (Å²) in [7, 11) is 0. The van der Waals surface area contributed by atoms with Crippen LogP contribution in [-0.4, -0.2) is 27.1 Å². The van der Waals surface area contributed by atoms with Gasteiger partial charge in [-0.1, -0.05) is 5.16 Å². The average molecular weight is 275 g/mol. The number of rotatable bonds is 4. The van der Waals surface area contributed by atoms with E-state index in [0.717, 1.165) is 5.56 Å². The van der Waals surface area contributed by atoms with Crippen molar-refractivity contribution in [1.82, 2.24) is 15.5 Å². The second-order valence-corrected chi connectivity index (χ2v) is 4.22. The number of aromatic nitrogens is 2. The first-order chi connectivity index (χ1) is 9.49. The van der Waals surface area contributed by atoms with Crippen molar-refractivity contribution >= 4 is 11.9 Å². The summed E-state index contributed by atoms with van der Waals surface area (Å²) in [5, 5.41) is 15.3. The molecular weight excluding hydrogens is 262 g/mol. The molecule has 7 nitrogen and oxygen atoms in total. The Hall–Kier alpha value is -2.70. The summed E-state index contributed by atoms with van der Waals surface area (Å²) in [6.45, 7) is 3.81. The molecule has 0 fully saturated rings. The van der Waals surface area contributed by atoms with E-state index in [2.05, 4.69) is 15.5 Å². The highest BCUT2D eigenvalue weighted by atomic mass is 16.5. The number of pyridine rings is 1.